The number of carbonyl (C=O) groups excluding carboxylic acids is 1. The lowest BCUT2D eigenvalue weighted by atomic mass is 9.89. The van der Waals surface area contributed by atoms with Crippen molar-refractivity contribution >= 4 is 16.8 Å². The third-order valence-electron chi connectivity index (χ3n) is 7.21. The van der Waals surface area contributed by atoms with Gasteiger partial charge in [-0.1, -0.05) is 6.07 Å². The van der Waals surface area contributed by atoms with Crippen LogP contribution in [0.5, 0.6) is 23.0 Å². The van der Waals surface area contributed by atoms with Gasteiger partial charge >= 0.3 is 0 Å². The van der Waals surface area contributed by atoms with E-state index in [4.69, 9.17) is 13.9 Å². The average molecular weight is 533 g/mol. The number of nitrogens with one attached hydrogen (secondary N) is 2. The number of hydrogen-bond donors (Lipinski definition) is 4. The van der Waals surface area contributed by atoms with E-state index < -0.39 is 17.1 Å². The van der Waals surface area contributed by atoms with E-state index in [1.54, 1.807) is 19.1 Å². The number of carbonyl (C=O) groups is 1. The van der Waals surface area contributed by atoms with Crippen LogP contribution in [0, 0.1) is 6.92 Å². The van der Waals surface area contributed by atoms with Gasteiger partial charge in [-0.3, -0.25) is 9.59 Å². The standard InChI is InChI=1S/C30H32N2O7/c1-4-38-18-9-10-22-21(14-18)19-6-5-7-23(28(19)32-22)31-27(35)15-20(17-8-11-24(33)26(13-17)37-3)30-29(36)25(34)12-16(2)39-30/h8-14,20,23,32-33,36H,4-7,15H2,1-3H3,(H,31,35). The van der Waals surface area contributed by atoms with E-state index in [0.717, 1.165) is 41.6 Å². The maximum Gasteiger partial charge on any atom is 0.227 e. The predicted octanol–water partition coefficient (Wildman–Crippen LogP) is 4.96. The van der Waals surface area contributed by atoms with Crippen LogP contribution in [-0.4, -0.2) is 34.8 Å². The van der Waals surface area contributed by atoms with Crippen LogP contribution < -0.4 is 20.2 Å². The number of aryl methyl sites for hydroxylation is 2. The summed E-state index contributed by atoms with van der Waals surface area (Å²) in [5, 5.41) is 24.9. The van der Waals surface area contributed by atoms with Gasteiger partial charge in [0.1, 0.15) is 11.5 Å². The number of ether oxygens (including phenoxy) is 2. The van der Waals surface area contributed by atoms with E-state index in [-0.39, 0.29) is 35.6 Å². The number of phenols is 1. The Morgan fingerprint density at radius 2 is 2.03 bits per heavy atom. The molecule has 2 unspecified atom stereocenters. The third kappa shape index (κ3) is 5.16. The molecule has 0 bridgehead atoms. The number of benzene rings is 2. The number of phenolic OH excluding ortho intramolecular Hbond substituents is 1. The van der Waals surface area contributed by atoms with Crippen LogP contribution in [0.25, 0.3) is 10.9 Å². The summed E-state index contributed by atoms with van der Waals surface area (Å²) in [5.74, 6) is -0.384. The van der Waals surface area contributed by atoms with Gasteiger partial charge in [0.05, 0.1) is 25.7 Å². The van der Waals surface area contributed by atoms with Gasteiger partial charge in [0, 0.05) is 29.1 Å². The molecule has 0 aliphatic heterocycles. The summed E-state index contributed by atoms with van der Waals surface area (Å²) in [5.41, 5.74) is 3.09. The molecular formula is C30H32N2O7. The number of aromatic hydroxyl groups is 2. The van der Waals surface area contributed by atoms with Crippen molar-refractivity contribution in [2.45, 2.75) is 51.5 Å². The van der Waals surface area contributed by atoms with E-state index >= 15 is 0 Å². The molecule has 1 aliphatic rings. The Morgan fingerprint density at radius 3 is 2.79 bits per heavy atom. The molecule has 5 rings (SSSR count). The number of H-pyrrole nitrogens is 1. The third-order valence-corrected chi connectivity index (χ3v) is 7.21. The van der Waals surface area contributed by atoms with E-state index in [1.807, 2.05) is 25.1 Å². The number of amides is 1. The zero-order valence-electron chi connectivity index (χ0n) is 22.2. The van der Waals surface area contributed by atoms with Crippen molar-refractivity contribution in [3.63, 3.8) is 0 Å². The molecule has 9 nitrogen and oxygen atoms in total. The molecule has 1 amide bonds. The van der Waals surface area contributed by atoms with Crippen LogP contribution in [-0.2, 0) is 11.2 Å². The molecule has 39 heavy (non-hydrogen) atoms. The topological polar surface area (TPSA) is 134 Å². The fourth-order valence-corrected chi connectivity index (χ4v) is 5.42. The van der Waals surface area contributed by atoms with Crippen molar-refractivity contribution in [2.75, 3.05) is 13.7 Å². The first-order valence-electron chi connectivity index (χ1n) is 13.1. The molecule has 0 fully saturated rings. The molecule has 0 saturated heterocycles. The normalized spacial score (nSPS) is 15.5. The Kier molecular flexibility index (Phi) is 7.24. The molecule has 4 N–H and O–H groups in total. The van der Waals surface area contributed by atoms with Crippen LogP contribution in [0.4, 0.5) is 0 Å². The Balaban J connectivity index is 1.46. The summed E-state index contributed by atoms with van der Waals surface area (Å²) < 4.78 is 16.7. The number of rotatable bonds is 8. The van der Waals surface area contributed by atoms with Gasteiger partial charge < -0.3 is 34.4 Å². The molecule has 1 aliphatic carbocycles. The maximum atomic E-state index is 13.5. The van der Waals surface area contributed by atoms with Crippen molar-refractivity contribution in [1.29, 1.82) is 0 Å². The Labute approximate surface area is 225 Å². The lowest BCUT2D eigenvalue weighted by molar-refractivity contribution is -0.122. The summed E-state index contributed by atoms with van der Waals surface area (Å²) in [4.78, 5) is 29.4. The van der Waals surface area contributed by atoms with Crippen LogP contribution in [0.1, 0.15) is 66.5 Å². The second-order valence-electron chi connectivity index (χ2n) is 9.79. The average Bonchev–Trinajstić information content (AvgIpc) is 3.29. The molecule has 0 saturated carbocycles. The highest BCUT2D eigenvalue weighted by molar-refractivity contribution is 5.87. The van der Waals surface area contributed by atoms with Crippen LogP contribution >= 0.6 is 0 Å². The van der Waals surface area contributed by atoms with Crippen molar-refractivity contribution in [3.05, 3.63) is 81.0 Å². The van der Waals surface area contributed by atoms with Gasteiger partial charge in [0.2, 0.25) is 17.1 Å². The van der Waals surface area contributed by atoms with Gasteiger partial charge in [-0.05, 0) is 74.6 Å². The zero-order valence-corrected chi connectivity index (χ0v) is 22.2. The zero-order chi connectivity index (χ0) is 27.7. The summed E-state index contributed by atoms with van der Waals surface area (Å²) >= 11 is 0. The van der Waals surface area contributed by atoms with Gasteiger partial charge in [0.25, 0.3) is 0 Å². The fraction of sp³-hybridized carbons (Fsp3) is 0.333. The molecule has 0 spiro atoms. The largest absolute Gasteiger partial charge is 0.504 e. The number of hydrogen-bond acceptors (Lipinski definition) is 7. The summed E-state index contributed by atoms with van der Waals surface area (Å²) in [7, 11) is 1.42. The Hall–Kier alpha value is -4.40. The van der Waals surface area contributed by atoms with E-state index in [2.05, 4.69) is 10.3 Å². The molecule has 2 atom stereocenters. The number of fused-ring (bicyclic) bond motifs is 3. The Bertz CT molecular complexity index is 1590. The molecule has 2 aromatic carbocycles. The first-order chi connectivity index (χ1) is 18.8. The summed E-state index contributed by atoms with van der Waals surface area (Å²) in [6.07, 6.45) is 2.48. The van der Waals surface area contributed by atoms with Crippen LogP contribution in [0.2, 0.25) is 0 Å². The van der Waals surface area contributed by atoms with Crippen molar-refractivity contribution in [3.8, 4) is 23.0 Å². The van der Waals surface area contributed by atoms with Crippen molar-refractivity contribution in [2.24, 2.45) is 0 Å². The van der Waals surface area contributed by atoms with Crippen LogP contribution in [0.15, 0.2) is 51.7 Å². The second-order valence-corrected chi connectivity index (χ2v) is 9.79. The highest BCUT2D eigenvalue weighted by Crippen LogP contribution is 2.39. The second kappa shape index (κ2) is 10.8. The Morgan fingerprint density at radius 1 is 1.21 bits per heavy atom. The van der Waals surface area contributed by atoms with Gasteiger partial charge in [-0.25, -0.2) is 0 Å². The molecule has 4 aromatic rings. The summed E-state index contributed by atoms with van der Waals surface area (Å²) in [6.45, 7) is 4.14. The number of aromatic amines is 1. The quantitative estimate of drug-likeness (QED) is 0.252. The first kappa shape index (κ1) is 26.2. The smallest absolute Gasteiger partial charge is 0.227 e. The summed E-state index contributed by atoms with van der Waals surface area (Å²) in [6, 6.07) is 11.6. The SMILES string of the molecule is CCOc1ccc2[nH]c3c(c2c1)CCCC3NC(=O)CC(c1ccc(O)c(OC)c1)c1oc(C)cc(=O)c1O. The van der Waals surface area contributed by atoms with Crippen LogP contribution in [0.3, 0.4) is 0 Å². The van der Waals surface area contributed by atoms with Crippen molar-refractivity contribution in [1.82, 2.24) is 10.3 Å². The predicted molar refractivity (Wildman–Crippen MR) is 146 cm³/mol. The van der Waals surface area contributed by atoms with Crippen molar-refractivity contribution < 1.29 is 28.9 Å². The minimum Gasteiger partial charge on any atom is -0.504 e. The van der Waals surface area contributed by atoms with E-state index in [1.165, 1.54) is 24.8 Å². The van der Waals surface area contributed by atoms with E-state index in [9.17, 15) is 19.8 Å². The lowest BCUT2D eigenvalue weighted by Crippen LogP contribution is -2.32. The van der Waals surface area contributed by atoms with Gasteiger partial charge in [-0.15, -0.1) is 0 Å². The molecule has 2 heterocycles. The molecule has 9 heteroatoms. The molecule has 2 aromatic heterocycles. The lowest BCUT2D eigenvalue weighted by Gasteiger charge is -2.25. The highest BCUT2D eigenvalue weighted by Gasteiger charge is 2.30. The molecule has 204 valence electrons. The maximum absolute atomic E-state index is 13.5. The van der Waals surface area contributed by atoms with Gasteiger partial charge in [-0.2, -0.15) is 0 Å². The number of methoxy groups -OCH3 is 1. The molecular weight excluding hydrogens is 500 g/mol. The van der Waals surface area contributed by atoms with Gasteiger partial charge in [0.15, 0.2) is 17.3 Å². The number of aromatic nitrogens is 1. The molecule has 0 radical (unpaired) electrons. The van der Waals surface area contributed by atoms with E-state index in [0.29, 0.717) is 17.9 Å². The first-order valence-corrected chi connectivity index (χ1v) is 13.1. The minimum absolute atomic E-state index is 0.0127. The monoisotopic (exact) mass is 532 g/mol. The fourth-order valence-electron chi connectivity index (χ4n) is 5.42. The highest BCUT2D eigenvalue weighted by atomic mass is 16.5. The minimum atomic E-state index is -0.799.